The smallest absolute Gasteiger partial charge is 0.410 e. The van der Waals surface area contributed by atoms with E-state index < -0.39 is 11.1 Å². The quantitative estimate of drug-likeness (QED) is 0.771. The molecule has 7 heteroatoms. The van der Waals surface area contributed by atoms with Crippen LogP contribution in [0.2, 0.25) is 0 Å². The monoisotopic (exact) mass is 415 g/mol. The number of rotatable bonds is 6. The van der Waals surface area contributed by atoms with E-state index in [-0.39, 0.29) is 29.8 Å². The minimum Gasteiger partial charge on any atom is -0.489 e. The van der Waals surface area contributed by atoms with E-state index in [4.69, 9.17) is 9.47 Å². The molecule has 30 heavy (non-hydrogen) atoms. The third kappa shape index (κ3) is 4.71. The number of aromatic nitrogens is 1. The number of likely N-dealkylation sites (tertiary alicyclic amines) is 1. The zero-order valence-electron chi connectivity index (χ0n) is 18.6. The summed E-state index contributed by atoms with van der Waals surface area (Å²) in [5, 5.41) is 3.14. The summed E-state index contributed by atoms with van der Waals surface area (Å²) in [7, 11) is 0. The molecule has 1 aromatic heterocycles. The Morgan fingerprint density at radius 1 is 1.17 bits per heavy atom. The molecule has 3 aliphatic rings. The van der Waals surface area contributed by atoms with Gasteiger partial charge in [-0.1, -0.05) is 0 Å². The molecule has 4 rings (SSSR count). The Morgan fingerprint density at radius 3 is 2.43 bits per heavy atom. The fourth-order valence-electron chi connectivity index (χ4n) is 4.34. The van der Waals surface area contributed by atoms with Gasteiger partial charge in [0.1, 0.15) is 18.0 Å². The number of carbonyl (C=O) groups is 2. The van der Waals surface area contributed by atoms with Crippen LogP contribution in [0.1, 0.15) is 58.9 Å². The summed E-state index contributed by atoms with van der Waals surface area (Å²) in [6, 6.07) is 2.03. The maximum atomic E-state index is 12.8. The van der Waals surface area contributed by atoms with Crippen molar-refractivity contribution in [2.45, 2.75) is 64.5 Å². The molecule has 0 spiro atoms. The molecule has 0 aromatic carbocycles. The molecule has 2 aliphatic carbocycles. The zero-order chi connectivity index (χ0) is 21.7. The van der Waals surface area contributed by atoms with Gasteiger partial charge in [0.05, 0.1) is 11.7 Å². The Labute approximate surface area is 178 Å². The molecule has 2 saturated carbocycles. The van der Waals surface area contributed by atoms with E-state index in [1.165, 1.54) is 18.4 Å². The lowest BCUT2D eigenvalue weighted by molar-refractivity contribution is -0.125. The average Bonchev–Trinajstić information content (AvgIpc) is 3.56. The molecular formula is C23H33N3O4. The largest absolute Gasteiger partial charge is 0.489 e. The minimum absolute atomic E-state index is 0.0246. The van der Waals surface area contributed by atoms with Gasteiger partial charge >= 0.3 is 6.09 Å². The van der Waals surface area contributed by atoms with E-state index in [2.05, 4.69) is 10.3 Å². The molecular weight excluding hydrogens is 382 g/mol. The second-order valence-corrected chi connectivity index (χ2v) is 10.6. The van der Waals surface area contributed by atoms with Gasteiger partial charge in [-0.2, -0.15) is 0 Å². The van der Waals surface area contributed by atoms with E-state index in [9.17, 15) is 9.59 Å². The Bertz CT molecular complexity index is 816. The van der Waals surface area contributed by atoms with Crippen LogP contribution < -0.4 is 10.1 Å². The third-order valence-corrected chi connectivity index (χ3v) is 6.03. The predicted octanol–water partition coefficient (Wildman–Crippen LogP) is 3.35. The molecule has 2 unspecified atom stereocenters. The molecule has 2 atom stereocenters. The maximum absolute atomic E-state index is 12.8. The second-order valence-electron chi connectivity index (χ2n) is 10.6. The molecule has 164 valence electrons. The Morgan fingerprint density at radius 2 is 1.83 bits per heavy atom. The summed E-state index contributed by atoms with van der Waals surface area (Å²) < 4.78 is 11.5. The van der Waals surface area contributed by atoms with Crippen LogP contribution >= 0.6 is 0 Å². The molecule has 2 amide bonds. The standard InChI is InChI=1S/C23H33N3O4/c1-22(2,3)30-21(28)26-11-16-17(12-26)19(16)20(27)25-23(4,5)13-29-18-10-24-9-8-15(18)14-6-7-14/h8-10,14,16-17,19H,6-7,11-13H2,1-5H3,(H,25,27). The number of pyridine rings is 1. The fourth-order valence-corrected chi connectivity index (χ4v) is 4.34. The first-order valence-electron chi connectivity index (χ1n) is 10.9. The van der Waals surface area contributed by atoms with E-state index in [1.54, 1.807) is 17.3 Å². The first kappa shape index (κ1) is 20.9. The van der Waals surface area contributed by atoms with Gasteiger partial charge < -0.3 is 19.7 Å². The van der Waals surface area contributed by atoms with Gasteiger partial charge in [0.15, 0.2) is 0 Å². The van der Waals surface area contributed by atoms with Crippen molar-refractivity contribution in [3.8, 4) is 5.75 Å². The second kappa shape index (κ2) is 7.43. The number of hydrogen-bond acceptors (Lipinski definition) is 5. The number of ether oxygens (including phenoxy) is 2. The highest BCUT2D eigenvalue weighted by atomic mass is 16.6. The van der Waals surface area contributed by atoms with Crippen LogP contribution in [-0.4, -0.2) is 52.7 Å². The van der Waals surface area contributed by atoms with Crippen LogP contribution in [0, 0.1) is 17.8 Å². The lowest BCUT2D eigenvalue weighted by Crippen LogP contribution is -2.49. The van der Waals surface area contributed by atoms with Crippen LogP contribution in [-0.2, 0) is 9.53 Å². The minimum atomic E-state index is -0.502. The Balaban J connectivity index is 1.25. The molecule has 2 heterocycles. The highest BCUT2D eigenvalue weighted by Crippen LogP contribution is 2.52. The number of fused-ring (bicyclic) bond motifs is 1. The first-order valence-corrected chi connectivity index (χ1v) is 10.9. The summed E-state index contributed by atoms with van der Waals surface area (Å²) in [5.41, 5.74) is 0.222. The molecule has 1 aliphatic heterocycles. The number of piperidine rings is 1. The highest BCUT2D eigenvalue weighted by Gasteiger charge is 2.61. The van der Waals surface area contributed by atoms with E-state index in [0.29, 0.717) is 25.6 Å². The van der Waals surface area contributed by atoms with Gasteiger partial charge in [-0.05, 0) is 71.3 Å². The normalized spacial score (nSPS) is 25.5. The number of hydrogen-bond donors (Lipinski definition) is 1. The molecule has 1 N–H and O–H groups in total. The number of nitrogens with one attached hydrogen (secondary N) is 1. The van der Waals surface area contributed by atoms with Crippen molar-refractivity contribution < 1.29 is 19.1 Å². The van der Waals surface area contributed by atoms with Gasteiger partial charge in [-0.3, -0.25) is 9.78 Å². The fraction of sp³-hybridized carbons (Fsp3) is 0.696. The summed E-state index contributed by atoms with van der Waals surface area (Å²) in [5.74, 6) is 1.89. The van der Waals surface area contributed by atoms with Crippen molar-refractivity contribution in [2.24, 2.45) is 17.8 Å². The van der Waals surface area contributed by atoms with Gasteiger partial charge in [0, 0.05) is 30.8 Å². The summed E-state index contributed by atoms with van der Waals surface area (Å²) in [6.07, 6.45) is 5.68. The van der Waals surface area contributed by atoms with Crippen molar-refractivity contribution in [3.63, 3.8) is 0 Å². The van der Waals surface area contributed by atoms with Crippen molar-refractivity contribution in [1.82, 2.24) is 15.2 Å². The first-order chi connectivity index (χ1) is 14.0. The van der Waals surface area contributed by atoms with Crippen LogP contribution in [0.4, 0.5) is 4.79 Å². The summed E-state index contributed by atoms with van der Waals surface area (Å²) in [6.45, 7) is 11.1. The van der Waals surface area contributed by atoms with Crippen molar-refractivity contribution in [2.75, 3.05) is 19.7 Å². The lowest BCUT2D eigenvalue weighted by Gasteiger charge is -2.28. The van der Waals surface area contributed by atoms with Gasteiger partial charge in [-0.25, -0.2) is 4.79 Å². The topological polar surface area (TPSA) is 80.8 Å². The molecule has 1 aromatic rings. The van der Waals surface area contributed by atoms with Crippen LogP contribution in [0.25, 0.3) is 0 Å². The number of carbonyl (C=O) groups excluding carboxylic acids is 2. The molecule has 0 radical (unpaired) electrons. The number of nitrogens with zero attached hydrogens (tertiary/aromatic N) is 2. The van der Waals surface area contributed by atoms with E-state index in [0.717, 1.165) is 5.75 Å². The average molecular weight is 416 g/mol. The SMILES string of the molecule is CC(C)(COc1cnccc1C1CC1)NC(=O)C1C2CN(C(=O)OC(C)(C)C)CC21. The number of amides is 2. The van der Waals surface area contributed by atoms with Gasteiger partial charge in [0.2, 0.25) is 5.91 Å². The molecule has 7 nitrogen and oxygen atoms in total. The maximum Gasteiger partial charge on any atom is 0.410 e. The molecule has 0 bridgehead atoms. The molecule has 1 saturated heterocycles. The van der Waals surface area contributed by atoms with Crippen molar-refractivity contribution >= 4 is 12.0 Å². The Kier molecular flexibility index (Phi) is 5.19. The molecule has 3 fully saturated rings. The lowest BCUT2D eigenvalue weighted by atomic mass is 10.1. The summed E-state index contributed by atoms with van der Waals surface area (Å²) in [4.78, 5) is 30.9. The van der Waals surface area contributed by atoms with Gasteiger partial charge in [0.25, 0.3) is 0 Å². The van der Waals surface area contributed by atoms with Crippen molar-refractivity contribution in [3.05, 3.63) is 24.0 Å². The van der Waals surface area contributed by atoms with Crippen molar-refractivity contribution in [1.29, 1.82) is 0 Å². The van der Waals surface area contributed by atoms with Crippen LogP contribution in [0.15, 0.2) is 18.5 Å². The Hall–Kier alpha value is -2.31. The van der Waals surface area contributed by atoms with Crippen LogP contribution in [0.5, 0.6) is 5.75 Å². The summed E-state index contributed by atoms with van der Waals surface area (Å²) >= 11 is 0. The van der Waals surface area contributed by atoms with Crippen LogP contribution in [0.3, 0.4) is 0 Å². The highest BCUT2D eigenvalue weighted by molar-refractivity contribution is 5.84. The van der Waals surface area contributed by atoms with E-state index >= 15 is 0 Å². The third-order valence-electron chi connectivity index (χ3n) is 6.03. The zero-order valence-corrected chi connectivity index (χ0v) is 18.6. The predicted molar refractivity (Wildman–Crippen MR) is 112 cm³/mol. The van der Waals surface area contributed by atoms with Gasteiger partial charge in [-0.15, -0.1) is 0 Å². The van der Waals surface area contributed by atoms with E-state index in [1.807, 2.05) is 40.7 Å².